The molecular weight excluding hydrogens is 366 g/mol. The van der Waals surface area contributed by atoms with Crippen LogP contribution in [0.25, 0.3) is 0 Å². The van der Waals surface area contributed by atoms with E-state index in [1.54, 1.807) is 30.5 Å². The van der Waals surface area contributed by atoms with E-state index in [0.717, 1.165) is 18.4 Å². The van der Waals surface area contributed by atoms with Crippen molar-refractivity contribution in [1.82, 2.24) is 9.99 Å². The number of benzene rings is 1. The average Bonchev–Trinajstić information content (AvgIpc) is 2.62. The molecule has 2 aromatic rings. The van der Waals surface area contributed by atoms with E-state index in [2.05, 4.69) is 10.4 Å². The van der Waals surface area contributed by atoms with Crippen molar-refractivity contribution in [2.24, 2.45) is 5.10 Å². The van der Waals surface area contributed by atoms with Gasteiger partial charge in [0.05, 0.1) is 12.8 Å². The maximum atomic E-state index is 12.7. The molecule has 0 aliphatic rings. The first-order chi connectivity index (χ1) is 12.9. The van der Waals surface area contributed by atoms with Crippen LogP contribution in [0.5, 0.6) is 5.75 Å². The fourth-order valence-corrected chi connectivity index (χ4v) is 2.40. The van der Waals surface area contributed by atoms with Gasteiger partial charge in [0.25, 0.3) is 5.91 Å². The Kier molecular flexibility index (Phi) is 7.61. The fourth-order valence-electron chi connectivity index (χ4n) is 2.28. The molecule has 0 saturated heterocycles. The van der Waals surface area contributed by atoms with Crippen LogP contribution in [-0.2, 0) is 0 Å². The lowest BCUT2D eigenvalue weighted by Crippen LogP contribution is -2.33. The van der Waals surface area contributed by atoms with Gasteiger partial charge in [0.2, 0.25) is 5.43 Å². The van der Waals surface area contributed by atoms with Gasteiger partial charge in [-0.05, 0) is 38.0 Å². The van der Waals surface area contributed by atoms with Crippen molar-refractivity contribution in [3.63, 3.8) is 0 Å². The van der Waals surface area contributed by atoms with Crippen molar-refractivity contribution in [3.8, 4) is 5.75 Å². The summed E-state index contributed by atoms with van der Waals surface area (Å²) < 4.78 is 6.99. The molecule has 1 aromatic carbocycles. The SMILES string of the molecule is CCCCOc1c(C(=O)NC(C)C)n(/N=C/c2ccc(Cl)cc2)ccc1=O. The number of ether oxygens (including phenoxy) is 1. The van der Waals surface area contributed by atoms with Crippen LogP contribution in [0.4, 0.5) is 0 Å². The van der Waals surface area contributed by atoms with Gasteiger partial charge in [-0.15, -0.1) is 0 Å². The third kappa shape index (κ3) is 5.96. The minimum Gasteiger partial charge on any atom is -0.487 e. The molecule has 0 unspecified atom stereocenters. The molecule has 0 saturated carbocycles. The minimum atomic E-state index is -0.414. The van der Waals surface area contributed by atoms with Gasteiger partial charge in [-0.3, -0.25) is 9.59 Å². The van der Waals surface area contributed by atoms with Gasteiger partial charge in [-0.2, -0.15) is 5.10 Å². The molecule has 0 aliphatic carbocycles. The van der Waals surface area contributed by atoms with Crippen molar-refractivity contribution in [2.75, 3.05) is 6.61 Å². The highest BCUT2D eigenvalue weighted by Crippen LogP contribution is 2.15. The largest absolute Gasteiger partial charge is 0.487 e. The van der Waals surface area contributed by atoms with E-state index in [1.165, 1.54) is 16.9 Å². The molecule has 0 atom stereocenters. The molecule has 2 rings (SSSR count). The third-order valence-corrected chi connectivity index (χ3v) is 3.87. The van der Waals surface area contributed by atoms with Crippen LogP contribution in [0.3, 0.4) is 0 Å². The highest BCUT2D eigenvalue weighted by molar-refractivity contribution is 6.30. The second kappa shape index (κ2) is 9.92. The Hall–Kier alpha value is -2.60. The third-order valence-electron chi connectivity index (χ3n) is 3.62. The van der Waals surface area contributed by atoms with E-state index in [-0.39, 0.29) is 22.9 Å². The van der Waals surface area contributed by atoms with Gasteiger partial charge >= 0.3 is 0 Å². The number of nitrogens with zero attached hydrogens (tertiary/aromatic N) is 2. The van der Waals surface area contributed by atoms with E-state index in [0.29, 0.717) is 11.6 Å². The monoisotopic (exact) mass is 389 g/mol. The summed E-state index contributed by atoms with van der Waals surface area (Å²) in [4.78, 5) is 25.0. The predicted octanol–water partition coefficient (Wildman–Crippen LogP) is 3.70. The van der Waals surface area contributed by atoms with Crippen LogP contribution in [0, 0.1) is 0 Å². The Morgan fingerprint density at radius 2 is 2.00 bits per heavy atom. The van der Waals surface area contributed by atoms with Gasteiger partial charge < -0.3 is 10.1 Å². The Morgan fingerprint density at radius 1 is 1.30 bits per heavy atom. The molecule has 1 amide bonds. The first-order valence-electron chi connectivity index (χ1n) is 8.91. The summed E-state index contributed by atoms with van der Waals surface area (Å²) in [6.45, 7) is 6.07. The van der Waals surface area contributed by atoms with E-state index in [9.17, 15) is 9.59 Å². The Morgan fingerprint density at radius 3 is 2.63 bits per heavy atom. The molecule has 6 nitrogen and oxygen atoms in total. The zero-order valence-electron chi connectivity index (χ0n) is 15.7. The van der Waals surface area contributed by atoms with E-state index >= 15 is 0 Å². The number of unbranched alkanes of at least 4 members (excludes halogenated alkanes) is 1. The summed E-state index contributed by atoms with van der Waals surface area (Å²) in [6, 6.07) is 8.36. The van der Waals surface area contributed by atoms with Crippen LogP contribution < -0.4 is 15.5 Å². The van der Waals surface area contributed by atoms with Gasteiger partial charge in [0, 0.05) is 23.3 Å². The number of carbonyl (C=O) groups is 1. The second-order valence-electron chi connectivity index (χ2n) is 6.33. The number of aromatic nitrogens is 1. The number of nitrogens with one attached hydrogen (secondary N) is 1. The van der Waals surface area contributed by atoms with Gasteiger partial charge in [0.1, 0.15) is 0 Å². The average molecular weight is 390 g/mol. The lowest BCUT2D eigenvalue weighted by atomic mass is 10.2. The summed E-state index contributed by atoms with van der Waals surface area (Å²) in [5.41, 5.74) is 0.539. The number of hydrogen-bond acceptors (Lipinski definition) is 4. The molecule has 1 aromatic heterocycles. The van der Waals surface area contributed by atoms with Crippen molar-refractivity contribution in [3.05, 3.63) is 63.0 Å². The molecule has 1 heterocycles. The Balaban J connectivity index is 2.44. The van der Waals surface area contributed by atoms with Gasteiger partial charge in [0.15, 0.2) is 11.4 Å². The molecule has 27 heavy (non-hydrogen) atoms. The number of pyridine rings is 1. The molecule has 0 fully saturated rings. The zero-order valence-corrected chi connectivity index (χ0v) is 16.5. The number of carbonyl (C=O) groups excluding carboxylic acids is 1. The maximum Gasteiger partial charge on any atom is 0.274 e. The fraction of sp³-hybridized carbons (Fsp3) is 0.350. The number of rotatable bonds is 8. The molecule has 0 bridgehead atoms. The molecule has 144 valence electrons. The standard InChI is InChI=1S/C20H24ClN3O3/c1-4-5-12-27-19-17(25)10-11-24(18(19)20(26)23-14(2)3)22-13-15-6-8-16(21)9-7-15/h6-11,13-14H,4-5,12H2,1-3H3,(H,23,26)/b22-13+. The zero-order chi connectivity index (χ0) is 19.8. The molecule has 0 spiro atoms. The molecule has 7 heteroatoms. The van der Waals surface area contributed by atoms with Crippen LogP contribution in [0.15, 0.2) is 46.4 Å². The number of hydrogen-bond donors (Lipinski definition) is 1. The lowest BCUT2D eigenvalue weighted by molar-refractivity contribution is 0.0928. The van der Waals surface area contributed by atoms with E-state index < -0.39 is 5.91 Å². The highest BCUT2D eigenvalue weighted by Gasteiger charge is 2.20. The van der Waals surface area contributed by atoms with Crippen molar-refractivity contribution in [2.45, 2.75) is 39.7 Å². The maximum absolute atomic E-state index is 12.7. The topological polar surface area (TPSA) is 72.7 Å². The first kappa shape index (κ1) is 20.7. The Labute approximate surface area is 163 Å². The van der Waals surface area contributed by atoms with Crippen molar-refractivity contribution >= 4 is 23.7 Å². The second-order valence-corrected chi connectivity index (χ2v) is 6.77. The lowest BCUT2D eigenvalue weighted by Gasteiger charge is -2.15. The highest BCUT2D eigenvalue weighted by atomic mass is 35.5. The number of amides is 1. The minimum absolute atomic E-state index is 0.0114. The van der Waals surface area contributed by atoms with Crippen LogP contribution in [0.2, 0.25) is 5.02 Å². The van der Waals surface area contributed by atoms with Gasteiger partial charge in [-0.1, -0.05) is 37.1 Å². The summed E-state index contributed by atoms with van der Waals surface area (Å²) in [7, 11) is 0. The van der Waals surface area contributed by atoms with Crippen LogP contribution in [0.1, 0.15) is 49.7 Å². The Bertz CT molecular complexity index is 858. The molecule has 0 aliphatic heterocycles. The van der Waals surface area contributed by atoms with Crippen molar-refractivity contribution < 1.29 is 9.53 Å². The van der Waals surface area contributed by atoms with Crippen LogP contribution in [-0.4, -0.2) is 29.4 Å². The number of halogens is 1. The summed E-state index contributed by atoms with van der Waals surface area (Å²) in [5.74, 6) is -0.403. The summed E-state index contributed by atoms with van der Waals surface area (Å²) in [6.07, 6.45) is 4.75. The van der Waals surface area contributed by atoms with Gasteiger partial charge in [-0.25, -0.2) is 4.68 Å². The van der Waals surface area contributed by atoms with E-state index in [4.69, 9.17) is 16.3 Å². The normalized spacial score (nSPS) is 11.1. The van der Waals surface area contributed by atoms with Crippen LogP contribution >= 0.6 is 11.6 Å². The van der Waals surface area contributed by atoms with Crippen molar-refractivity contribution in [1.29, 1.82) is 0 Å². The summed E-state index contributed by atoms with van der Waals surface area (Å²) >= 11 is 5.89. The smallest absolute Gasteiger partial charge is 0.274 e. The molecule has 1 N–H and O–H groups in total. The van der Waals surface area contributed by atoms with E-state index in [1.807, 2.05) is 20.8 Å². The molecular formula is C20H24ClN3O3. The molecule has 0 radical (unpaired) electrons. The quantitative estimate of drug-likeness (QED) is 0.552. The predicted molar refractivity (Wildman–Crippen MR) is 108 cm³/mol. The summed E-state index contributed by atoms with van der Waals surface area (Å²) in [5, 5.41) is 7.75. The first-order valence-corrected chi connectivity index (χ1v) is 9.29.